The van der Waals surface area contributed by atoms with Crippen LogP contribution in [0, 0.1) is 0 Å². The van der Waals surface area contributed by atoms with Crippen LogP contribution in [0.2, 0.25) is 0 Å². The van der Waals surface area contributed by atoms with Gasteiger partial charge in [-0.25, -0.2) is 14.8 Å². The van der Waals surface area contributed by atoms with E-state index in [0.29, 0.717) is 5.82 Å². The summed E-state index contributed by atoms with van der Waals surface area (Å²) in [6.45, 7) is 0. The average molecular weight is 239 g/mol. The van der Waals surface area contributed by atoms with E-state index in [9.17, 15) is 4.79 Å². The Morgan fingerprint density at radius 3 is 2.89 bits per heavy atom. The van der Waals surface area contributed by atoms with Crippen molar-refractivity contribution in [3.05, 3.63) is 48.4 Å². The molecule has 2 aromatic heterocycles. The molecule has 3 rings (SSSR count). The topological polar surface area (TPSA) is 78.9 Å². The van der Waals surface area contributed by atoms with Crippen LogP contribution in [0.3, 0.4) is 0 Å². The summed E-state index contributed by atoms with van der Waals surface area (Å²) in [4.78, 5) is 22.2. The molecule has 0 amide bonds. The first-order valence-electron chi connectivity index (χ1n) is 5.38. The van der Waals surface area contributed by atoms with E-state index in [0.717, 1.165) is 16.5 Å². The second-order valence-corrected chi connectivity index (χ2v) is 3.82. The molecule has 1 aromatic carbocycles. The normalized spacial score (nSPS) is 10.7. The lowest BCUT2D eigenvalue weighted by Crippen LogP contribution is -2.01. The number of aromatic nitrogens is 3. The summed E-state index contributed by atoms with van der Waals surface area (Å²) in [6, 6.07) is 9.11. The Kier molecular flexibility index (Phi) is 2.30. The molecule has 88 valence electrons. The maximum atomic E-state index is 10.9. The summed E-state index contributed by atoms with van der Waals surface area (Å²) >= 11 is 0. The quantitative estimate of drug-likeness (QED) is 0.719. The van der Waals surface area contributed by atoms with Crippen LogP contribution in [-0.2, 0) is 0 Å². The van der Waals surface area contributed by atoms with Crippen LogP contribution in [0.15, 0.2) is 42.7 Å². The highest BCUT2D eigenvalue weighted by molar-refractivity contribution is 5.94. The summed E-state index contributed by atoms with van der Waals surface area (Å²) in [5.74, 6) is -0.647. The minimum absolute atomic E-state index is 0.00900. The molecule has 0 atom stereocenters. The Labute approximate surface area is 102 Å². The lowest BCUT2D eigenvalue weighted by molar-refractivity contribution is 0.0690. The van der Waals surface area contributed by atoms with Gasteiger partial charge >= 0.3 is 5.97 Å². The highest BCUT2D eigenvalue weighted by Gasteiger charge is 2.11. The number of benzene rings is 1. The van der Waals surface area contributed by atoms with Gasteiger partial charge in [0.15, 0.2) is 11.5 Å². The average Bonchev–Trinajstić information content (AvgIpc) is 2.82. The number of carboxylic acid groups (broad SMARTS) is 1. The number of nitrogens with one attached hydrogen (secondary N) is 1. The molecule has 0 unspecified atom stereocenters. The van der Waals surface area contributed by atoms with E-state index in [1.807, 2.05) is 24.3 Å². The molecule has 0 aliphatic heterocycles. The second kappa shape index (κ2) is 3.96. The molecule has 18 heavy (non-hydrogen) atoms. The highest BCUT2D eigenvalue weighted by atomic mass is 16.4. The molecule has 2 heterocycles. The number of carbonyl (C=O) groups is 1. The van der Waals surface area contributed by atoms with Gasteiger partial charge in [0.25, 0.3) is 0 Å². The molecule has 0 radical (unpaired) electrons. The van der Waals surface area contributed by atoms with Gasteiger partial charge in [0.05, 0.1) is 0 Å². The first-order chi connectivity index (χ1) is 8.75. The van der Waals surface area contributed by atoms with Crippen LogP contribution in [0.5, 0.6) is 0 Å². The van der Waals surface area contributed by atoms with E-state index >= 15 is 0 Å². The lowest BCUT2D eigenvalue weighted by atomic mass is 10.1. The number of H-pyrrole nitrogens is 1. The molecule has 0 saturated heterocycles. The molecule has 0 saturated carbocycles. The zero-order chi connectivity index (χ0) is 12.5. The summed E-state index contributed by atoms with van der Waals surface area (Å²) in [5.41, 5.74) is 1.76. The molecule has 5 nitrogen and oxygen atoms in total. The van der Waals surface area contributed by atoms with Crippen LogP contribution in [-0.4, -0.2) is 26.0 Å². The molecule has 0 aliphatic carbocycles. The number of fused-ring (bicyclic) bond motifs is 1. The highest BCUT2D eigenvalue weighted by Crippen LogP contribution is 2.25. The van der Waals surface area contributed by atoms with Crippen molar-refractivity contribution in [2.24, 2.45) is 0 Å². The third-order valence-electron chi connectivity index (χ3n) is 2.70. The first-order valence-corrected chi connectivity index (χ1v) is 5.38. The Morgan fingerprint density at radius 1 is 1.22 bits per heavy atom. The minimum Gasteiger partial charge on any atom is -0.477 e. The second-order valence-electron chi connectivity index (χ2n) is 3.82. The van der Waals surface area contributed by atoms with E-state index in [4.69, 9.17) is 5.11 Å². The monoisotopic (exact) mass is 239 g/mol. The summed E-state index contributed by atoms with van der Waals surface area (Å²) in [5, 5.41) is 9.89. The fraction of sp³-hybridized carbons (Fsp3) is 0. The SMILES string of the molecule is O=C(O)c1ccnc(-c2c[nH]c3ccccc23)n1. The van der Waals surface area contributed by atoms with E-state index in [-0.39, 0.29) is 5.69 Å². The van der Waals surface area contributed by atoms with Gasteiger partial charge in [-0.15, -0.1) is 0 Å². The zero-order valence-electron chi connectivity index (χ0n) is 9.29. The zero-order valence-corrected chi connectivity index (χ0v) is 9.29. The number of aromatic carboxylic acids is 1. The number of carboxylic acids is 1. The summed E-state index contributed by atoms with van der Waals surface area (Å²) in [6.07, 6.45) is 3.24. The largest absolute Gasteiger partial charge is 0.477 e. The van der Waals surface area contributed by atoms with Crippen molar-refractivity contribution in [2.45, 2.75) is 0 Å². The van der Waals surface area contributed by atoms with Crippen molar-refractivity contribution in [3.8, 4) is 11.4 Å². The number of nitrogens with zero attached hydrogens (tertiary/aromatic N) is 2. The lowest BCUT2D eigenvalue weighted by Gasteiger charge is -1.99. The molecule has 5 heteroatoms. The van der Waals surface area contributed by atoms with Crippen molar-refractivity contribution in [2.75, 3.05) is 0 Å². The standard InChI is InChI=1S/C13H9N3O2/c17-13(18)11-5-6-14-12(16-11)9-7-15-10-4-2-1-3-8(9)10/h1-7,15H,(H,17,18). The summed E-state index contributed by atoms with van der Waals surface area (Å²) < 4.78 is 0. The van der Waals surface area contributed by atoms with Gasteiger partial charge in [-0.1, -0.05) is 18.2 Å². The van der Waals surface area contributed by atoms with Crippen molar-refractivity contribution in [1.29, 1.82) is 0 Å². The van der Waals surface area contributed by atoms with E-state index in [1.54, 1.807) is 6.20 Å². The molecular weight excluding hydrogens is 230 g/mol. The van der Waals surface area contributed by atoms with Crippen LogP contribution in [0.4, 0.5) is 0 Å². The number of hydrogen-bond donors (Lipinski definition) is 2. The number of rotatable bonds is 2. The van der Waals surface area contributed by atoms with Crippen molar-refractivity contribution < 1.29 is 9.90 Å². The van der Waals surface area contributed by atoms with E-state index in [1.165, 1.54) is 12.3 Å². The Balaban J connectivity index is 2.20. The van der Waals surface area contributed by atoms with Gasteiger partial charge in [0.2, 0.25) is 0 Å². The smallest absolute Gasteiger partial charge is 0.354 e. The van der Waals surface area contributed by atoms with Gasteiger partial charge in [-0.2, -0.15) is 0 Å². The molecular formula is C13H9N3O2. The maximum absolute atomic E-state index is 10.9. The van der Waals surface area contributed by atoms with Gasteiger partial charge in [0, 0.05) is 28.9 Å². The minimum atomic E-state index is -1.06. The fourth-order valence-electron chi connectivity index (χ4n) is 1.86. The molecule has 0 fully saturated rings. The predicted octanol–water partition coefficient (Wildman–Crippen LogP) is 2.32. The number of hydrogen-bond acceptors (Lipinski definition) is 3. The van der Waals surface area contributed by atoms with Gasteiger partial charge in [0.1, 0.15) is 0 Å². The molecule has 0 spiro atoms. The van der Waals surface area contributed by atoms with Crippen molar-refractivity contribution >= 4 is 16.9 Å². The molecule has 0 bridgehead atoms. The third-order valence-corrected chi connectivity index (χ3v) is 2.70. The first kappa shape index (κ1) is 10.5. The van der Waals surface area contributed by atoms with Crippen molar-refractivity contribution in [3.63, 3.8) is 0 Å². The fourth-order valence-corrected chi connectivity index (χ4v) is 1.86. The maximum Gasteiger partial charge on any atom is 0.354 e. The number of aromatic amines is 1. The van der Waals surface area contributed by atoms with Gasteiger partial charge in [-0.05, 0) is 12.1 Å². The molecule has 2 N–H and O–H groups in total. The third kappa shape index (κ3) is 1.62. The summed E-state index contributed by atoms with van der Waals surface area (Å²) in [7, 11) is 0. The molecule has 0 aliphatic rings. The Bertz CT molecular complexity index is 734. The molecule has 3 aromatic rings. The van der Waals surface area contributed by atoms with Crippen LogP contribution in [0.1, 0.15) is 10.5 Å². The van der Waals surface area contributed by atoms with E-state index in [2.05, 4.69) is 15.0 Å². The van der Waals surface area contributed by atoms with Crippen molar-refractivity contribution in [1.82, 2.24) is 15.0 Å². The van der Waals surface area contributed by atoms with Gasteiger partial charge < -0.3 is 10.1 Å². The van der Waals surface area contributed by atoms with Crippen LogP contribution in [0.25, 0.3) is 22.3 Å². The predicted molar refractivity (Wildman–Crippen MR) is 66.3 cm³/mol. The Hall–Kier alpha value is -2.69. The van der Waals surface area contributed by atoms with Gasteiger partial charge in [-0.3, -0.25) is 0 Å². The van der Waals surface area contributed by atoms with Crippen LogP contribution >= 0.6 is 0 Å². The number of para-hydroxylation sites is 1. The Morgan fingerprint density at radius 2 is 2.06 bits per heavy atom. The van der Waals surface area contributed by atoms with E-state index < -0.39 is 5.97 Å². The van der Waals surface area contributed by atoms with Crippen LogP contribution < -0.4 is 0 Å².